The molecule has 2 aliphatic carbocycles. The Hall–Kier alpha value is -1.05. The molecule has 0 amide bonds. The monoisotopic (exact) mass is 342 g/mol. The summed E-state index contributed by atoms with van der Waals surface area (Å²) in [4.78, 5) is 0. The zero-order valence-electron chi connectivity index (χ0n) is 12.9. The molecule has 0 N–H and O–H groups in total. The molecular weight excluding hydrogens is 324 g/mol. The van der Waals surface area contributed by atoms with Gasteiger partial charge in [0.25, 0.3) is 0 Å². The smallest absolute Gasteiger partial charge is 0.271 e. The van der Waals surface area contributed by atoms with Crippen LogP contribution in [0.3, 0.4) is 0 Å². The molecule has 0 aliphatic heterocycles. The van der Waals surface area contributed by atoms with Crippen molar-refractivity contribution in [1.82, 2.24) is 9.78 Å². The van der Waals surface area contributed by atoms with Gasteiger partial charge in [0.2, 0.25) is 0 Å². The van der Waals surface area contributed by atoms with E-state index in [2.05, 4.69) is 36.1 Å². The average molecular weight is 342 g/mol. The van der Waals surface area contributed by atoms with Crippen LogP contribution in [0.25, 0.3) is 11.3 Å². The zero-order chi connectivity index (χ0) is 15.2. The molecule has 3 heteroatoms. The van der Waals surface area contributed by atoms with Gasteiger partial charge in [-0.15, -0.1) is 0 Å². The summed E-state index contributed by atoms with van der Waals surface area (Å²) >= 11 is 0. The fourth-order valence-corrected chi connectivity index (χ4v) is 2.35. The van der Waals surface area contributed by atoms with Crippen molar-refractivity contribution in [2.75, 3.05) is 0 Å². The Morgan fingerprint density at radius 2 is 1.35 bits per heavy atom. The molecule has 0 bridgehead atoms. The van der Waals surface area contributed by atoms with Crippen LogP contribution in [0.15, 0.2) is 36.4 Å². The van der Waals surface area contributed by atoms with Crippen molar-refractivity contribution in [1.29, 1.82) is 0 Å². The van der Waals surface area contributed by atoms with Crippen molar-refractivity contribution >= 4 is 0 Å². The van der Waals surface area contributed by atoms with Crippen LogP contribution in [0, 0.1) is 63.7 Å². The fraction of sp³-hybridized carbons (Fsp3) is 0.0500. The molecule has 0 unspecified atom stereocenters. The van der Waals surface area contributed by atoms with Gasteiger partial charge in [-0.1, -0.05) is 30.3 Å². The van der Waals surface area contributed by atoms with E-state index in [4.69, 9.17) is 0 Å². The Labute approximate surface area is 151 Å². The van der Waals surface area contributed by atoms with Crippen LogP contribution in [0.2, 0.25) is 0 Å². The van der Waals surface area contributed by atoms with Gasteiger partial charge < -0.3 is 0 Å². The van der Waals surface area contributed by atoms with Crippen LogP contribution in [-0.4, -0.2) is 9.78 Å². The number of nitrogens with zero attached hydrogens (tertiary/aromatic N) is 2. The number of hydrogen-bond donors (Lipinski definition) is 0. The van der Waals surface area contributed by atoms with Crippen molar-refractivity contribution in [3.63, 3.8) is 0 Å². The maximum atomic E-state index is 4.55. The molecular formula is C20H18FeN2+2. The van der Waals surface area contributed by atoms with Crippen LogP contribution in [0.1, 0.15) is 5.69 Å². The van der Waals surface area contributed by atoms with Gasteiger partial charge in [0.15, 0.2) is 0 Å². The van der Waals surface area contributed by atoms with Crippen LogP contribution in [0.4, 0.5) is 0 Å². The van der Waals surface area contributed by atoms with Crippen LogP contribution >= 0.6 is 0 Å². The van der Waals surface area contributed by atoms with Crippen molar-refractivity contribution in [2.45, 2.75) is 0 Å². The third kappa shape index (κ3) is 4.96. The standard InChI is InChI=1S/C15H13N2.C5H5.Fe/c1-17-15(13-9-5-6-10-13)11-14(16-17)12-7-3-2-4-8-12;1-2-4-5-3-1;/h2-11H,1H3;1-5H;/q;;+2. The molecule has 0 atom stereocenters. The minimum atomic E-state index is 0. The van der Waals surface area contributed by atoms with Gasteiger partial charge in [-0.2, -0.15) is 5.10 Å². The Bertz CT molecular complexity index is 559. The Balaban J connectivity index is 0.000000276. The number of aryl methyl sites for hydroxylation is 1. The first kappa shape index (κ1) is 18.3. The minimum absolute atomic E-state index is 0. The molecule has 114 valence electrons. The van der Waals surface area contributed by atoms with Gasteiger partial charge in [0.05, 0.1) is 5.69 Å². The predicted octanol–water partition coefficient (Wildman–Crippen LogP) is 3.86. The summed E-state index contributed by atoms with van der Waals surface area (Å²) in [5, 5.41) is 4.55. The van der Waals surface area contributed by atoms with Gasteiger partial charge >= 0.3 is 17.1 Å². The summed E-state index contributed by atoms with van der Waals surface area (Å²) in [6.07, 6.45) is 18.3. The predicted molar refractivity (Wildman–Crippen MR) is 89.7 cm³/mol. The molecule has 10 radical (unpaired) electrons. The second kappa shape index (κ2) is 9.30. The van der Waals surface area contributed by atoms with Gasteiger partial charge in [0, 0.05) is 24.2 Å². The van der Waals surface area contributed by atoms with E-state index in [9.17, 15) is 0 Å². The maximum absolute atomic E-state index is 4.55. The molecule has 1 aromatic heterocycles. The molecule has 2 saturated carbocycles. The first-order valence-corrected chi connectivity index (χ1v) is 7.33. The summed E-state index contributed by atoms with van der Waals surface area (Å²) in [5.74, 6) is 1.21. The molecule has 1 aromatic carbocycles. The number of benzene rings is 1. The number of rotatable bonds is 2. The van der Waals surface area contributed by atoms with E-state index in [0.29, 0.717) is 0 Å². The SMILES string of the molecule is Cn1nc(-c2ccccc2)cc1[C]1[CH][CH][CH][CH]1.[CH]1[CH][CH][CH][CH]1.[Fe+2]. The molecule has 4 rings (SSSR count). The van der Waals surface area contributed by atoms with E-state index in [-0.39, 0.29) is 17.1 Å². The Kier molecular flexibility index (Phi) is 7.39. The summed E-state index contributed by atoms with van der Waals surface area (Å²) in [7, 11) is 1.98. The van der Waals surface area contributed by atoms with Crippen LogP contribution < -0.4 is 0 Å². The van der Waals surface area contributed by atoms with Gasteiger partial charge in [-0.05, 0) is 63.9 Å². The third-order valence-electron chi connectivity index (χ3n) is 3.46. The van der Waals surface area contributed by atoms with E-state index >= 15 is 0 Å². The Morgan fingerprint density at radius 1 is 0.783 bits per heavy atom. The Morgan fingerprint density at radius 3 is 1.91 bits per heavy atom. The summed E-state index contributed by atoms with van der Waals surface area (Å²) in [6, 6.07) is 12.4. The first-order chi connectivity index (χ1) is 10.8. The van der Waals surface area contributed by atoms with Gasteiger partial charge in [-0.25, -0.2) is 0 Å². The first-order valence-electron chi connectivity index (χ1n) is 7.33. The van der Waals surface area contributed by atoms with Crippen molar-refractivity contribution in [2.24, 2.45) is 7.05 Å². The topological polar surface area (TPSA) is 17.8 Å². The zero-order valence-corrected chi connectivity index (χ0v) is 14.0. The van der Waals surface area contributed by atoms with Gasteiger partial charge in [0.1, 0.15) is 0 Å². The number of hydrogen-bond acceptors (Lipinski definition) is 1. The quantitative estimate of drug-likeness (QED) is 0.758. The van der Waals surface area contributed by atoms with Crippen LogP contribution in [-0.2, 0) is 24.1 Å². The molecule has 1 heterocycles. The second-order valence-electron chi connectivity index (χ2n) is 5.04. The number of aromatic nitrogens is 2. The largest absolute Gasteiger partial charge is 2.00 e. The molecule has 2 nitrogen and oxygen atoms in total. The summed E-state index contributed by atoms with van der Waals surface area (Å²) < 4.78 is 1.93. The average Bonchev–Trinajstić information content (AvgIpc) is 3.31. The van der Waals surface area contributed by atoms with E-state index < -0.39 is 0 Å². The summed E-state index contributed by atoms with van der Waals surface area (Å²) in [6.45, 7) is 0. The van der Waals surface area contributed by atoms with Crippen molar-refractivity contribution in [3.8, 4) is 11.3 Å². The van der Waals surface area contributed by atoms with Gasteiger partial charge in [-0.3, -0.25) is 4.68 Å². The second-order valence-corrected chi connectivity index (χ2v) is 5.04. The summed E-state index contributed by atoms with van der Waals surface area (Å²) in [5.41, 5.74) is 3.32. The van der Waals surface area contributed by atoms with E-state index in [1.807, 2.05) is 74.9 Å². The maximum Gasteiger partial charge on any atom is 2.00 e. The van der Waals surface area contributed by atoms with E-state index in [1.54, 1.807) is 0 Å². The van der Waals surface area contributed by atoms with Crippen molar-refractivity contribution < 1.29 is 17.1 Å². The third-order valence-corrected chi connectivity index (χ3v) is 3.46. The molecule has 0 saturated heterocycles. The van der Waals surface area contributed by atoms with Crippen molar-refractivity contribution in [3.05, 3.63) is 106 Å². The molecule has 23 heavy (non-hydrogen) atoms. The molecule has 2 aromatic rings. The molecule has 2 aliphatic rings. The normalized spacial score (nSPS) is 17.4. The minimum Gasteiger partial charge on any atom is -0.271 e. The van der Waals surface area contributed by atoms with Crippen LogP contribution in [0.5, 0.6) is 0 Å². The molecule has 0 spiro atoms. The molecule has 2 fully saturated rings. The van der Waals surface area contributed by atoms with E-state index in [0.717, 1.165) is 17.0 Å². The van der Waals surface area contributed by atoms with E-state index in [1.165, 1.54) is 5.92 Å². The fourth-order valence-electron chi connectivity index (χ4n) is 2.35.